The van der Waals surface area contributed by atoms with Gasteiger partial charge in [0.15, 0.2) is 0 Å². The molecule has 0 atom stereocenters. The van der Waals surface area contributed by atoms with Crippen molar-refractivity contribution in [2.24, 2.45) is 0 Å². The fourth-order valence-electron chi connectivity index (χ4n) is 1.33. The predicted molar refractivity (Wildman–Crippen MR) is 82.8 cm³/mol. The summed E-state index contributed by atoms with van der Waals surface area (Å²) in [4.78, 5) is 14.8. The molecule has 0 bridgehead atoms. The summed E-state index contributed by atoms with van der Waals surface area (Å²) < 4.78 is 36.8. The van der Waals surface area contributed by atoms with Gasteiger partial charge in [0.05, 0.1) is 10.3 Å². The number of thiol groups is 1. The topological polar surface area (TPSA) is 59.6 Å². The summed E-state index contributed by atoms with van der Waals surface area (Å²) in [6, 6.07) is 4.59. The Hall–Kier alpha value is -1.29. The van der Waals surface area contributed by atoms with Gasteiger partial charge in [-0.1, -0.05) is 12.1 Å². The van der Waals surface area contributed by atoms with E-state index in [1.807, 2.05) is 0 Å². The highest BCUT2D eigenvalue weighted by atomic mass is 32.1. The Balaban J connectivity index is 0.000000570. The average Bonchev–Trinajstić information content (AvgIpc) is 2.36. The van der Waals surface area contributed by atoms with E-state index in [1.54, 1.807) is 13.8 Å². The van der Waals surface area contributed by atoms with E-state index < -0.39 is 22.3 Å². The molecule has 0 spiro atoms. The summed E-state index contributed by atoms with van der Waals surface area (Å²) in [7, 11) is 0. The lowest BCUT2D eigenvalue weighted by Crippen LogP contribution is -2.31. The van der Waals surface area contributed by atoms with Gasteiger partial charge >= 0.3 is 6.11 Å². The number of benzene rings is 1. The van der Waals surface area contributed by atoms with Crippen molar-refractivity contribution in [3.05, 3.63) is 29.8 Å². The molecule has 5 nitrogen and oxygen atoms in total. The molecule has 1 aromatic carbocycles. The third-order valence-corrected chi connectivity index (χ3v) is 3.06. The number of nitrogens with one attached hydrogen (secondary N) is 2. The van der Waals surface area contributed by atoms with E-state index in [0.717, 1.165) is 12.1 Å². The van der Waals surface area contributed by atoms with Crippen molar-refractivity contribution in [1.82, 2.24) is 5.32 Å². The first-order valence-electron chi connectivity index (χ1n) is 6.86. The van der Waals surface area contributed by atoms with Crippen molar-refractivity contribution in [2.45, 2.75) is 31.1 Å². The molecule has 1 fully saturated rings. The van der Waals surface area contributed by atoms with Gasteiger partial charge in [0, 0.05) is 5.69 Å². The number of rotatable bonds is 5. The summed E-state index contributed by atoms with van der Waals surface area (Å²) >= 11 is 4.04. The van der Waals surface area contributed by atoms with E-state index in [-0.39, 0.29) is 5.69 Å². The third-order valence-electron chi connectivity index (χ3n) is 2.86. The fourth-order valence-corrected chi connectivity index (χ4v) is 1.38. The van der Waals surface area contributed by atoms with Crippen molar-refractivity contribution in [2.75, 3.05) is 18.4 Å². The lowest BCUT2D eigenvalue weighted by atomic mass is 10.1. The van der Waals surface area contributed by atoms with Crippen LogP contribution >= 0.6 is 12.6 Å². The smallest absolute Gasteiger partial charge is 0.325 e. The lowest BCUT2D eigenvalue weighted by Gasteiger charge is -2.18. The van der Waals surface area contributed by atoms with E-state index in [0.29, 0.717) is 0 Å². The molecule has 1 saturated heterocycles. The van der Waals surface area contributed by atoms with Crippen molar-refractivity contribution in [3.63, 3.8) is 0 Å². The molecule has 9 heteroatoms. The number of anilines is 1. The van der Waals surface area contributed by atoms with Crippen molar-refractivity contribution in [3.8, 4) is 0 Å². The standard InChI is InChI=1S/C11H12F3NO3S.C3H7N/c1-10(2,19)9(16)15-8-5-3-4-7(6-8)11(12,13)17-18-14;1-2-4-3-1/h3-6,19H,1-2H3,(H,15,16);4H,1-3H2. The maximum Gasteiger partial charge on any atom is 0.411 e. The van der Waals surface area contributed by atoms with E-state index in [2.05, 4.69) is 33.2 Å². The van der Waals surface area contributed by atoms with E-state index >= 15 is 0 Å². The van der Waals surface area contributed by atoms with Gasteiger partial charge in [0.2, 0.25) is 5.91 Å². The van der Waals surface area contributed by atoms with Crippen LogP contribution in [0.15, 0.2) is 24.3 Å². The molecule has 0 saturated carbocycles. The Morgan fingerprint density at radius 2 is 1.91 bits per heavy atom. The van der Waals surface area contributed by atoms with Crippen LogP contribution in [0.4, 0.5) is 19.0 Å². The number of carbonyl (C=O) groups excluding carboxylic acids is 1. The first kappa shape index (κ1) is 19.8. The monoisotopic (exact) mass is 352 g/mol. The van der Waals surface area contributed by atoms with Gasteiger partial charge in [-0.3, -0.25) is 4.79 Å². The molecule has 1 aliphatic rings. The first-order chi connectivity index (χ1) is 10.7. The number of amides is 1. The van der Waals surface area contributed by atoms with Crippen LogP contribution in [0.2, 0.25) is 0 Å². The molecular weight excluding hydrogens is 333 g/mol. The summed E-state index contributed by atoms with van der Waals surface area (Å²) in [5, 5.41) is 8.00. The highest BCUT2D eigenvalue weighted by Gasteiger charge is 2.35. The molecule has 0 radical (unpaired) electrons. The highest BCUT2D eigenvalue weighted by Crippen LogP contribution is 2.31. The minimum atomic E-state index is -3.97. The van der Waals surface area contributed by atoms with Crippen LogP contribution in [0.25, 0.3) is 0 Å². The van der Waals surface area contributed by atoms with Gasteiger partial charge in [0.1, 0.15) is 0 Å². The van der Waals surface area contributed by atoms with E-state index in [4.69, 9.17) is 0 Å². The molecule has 0 aliphatic carbocycles. The second-order valence-electron chi connectivity index (χ2n) is 5.36. The Bertz CT molecular complexity index is 516. The average molecular weight is 352 g/mol. The van der Waals surface area contributed by atoms with Gasteiger partial charge in [-0.25, -0.2) is 0 Å². The Labute approximate surface area is 137 Å². The summed E-state index contributed by atoms with van der Waals surface area (Å²) in [5.74, 6) is -0.473. The SMILES string of the molecule is C1CNC1.CC(C)(S)C(=O)Nc1cccc(C(F)(F)OOF)c1. The second kappa shape index (κ2) is 8.53. The highest BCUT2D eigenvalue weighted by molar-refractivity contribution is 7.82. The predicted octanol–water partition coefficient (Wildman–Crippen LogP) is 3.20. The second-order valence-corrected chi connectivity index (χ2v) is 6.48. The van der Waals surface area contributed by atoms with Crippen LogP contribution < -0.4 is 10.6 Å². The zero-order chi connectivity index (χ0) is 17.5. The zero-order valence-corrected chi connectivity index (χ0v) is 13.6. The molecule has 2 N–H and O–H groups in total. The van der Waals surface area contributed by atoms with Crippen molar-refractivity contribution in [1.29, 1.82) is 0 Å². The van der Waals surface area contributed by atoms with Gasteiger partial charge in [-0.15, -0.1) is 4.89 Å². The van der Waals surface area contributed by atoms with Crippen LogP contribution in [0, 0.1) is 0 Å². The molecule has 1 amide bonds. The lowest BCUT2D eigenvalue weighted by molar-refractivity contribution is -0.529. The van der Waals surface area contributed by atoms with Gasteiger partial charge in [-0.2, -0.15) is 21.4 Å². The number of alkyl halides is 2. The quantitative estimate of drug-likeness (QED) is 0.433. The van der Waals surface area contributed by atoms with Gasteiger partial charge < -0.3 is 10.6 Å². The summed E-state index contributed by atoms with van der Waals surface area (Å²) in [5.41, 5.74) is -0.563. The third kappa shape index (κ3) is 6.78. The molecule has 1 aromatic rings. The normalized spacial score (nSPS) is 14.3. The Morgan fingerprint density at radius 3 is 2.35 bits per heavy atom. The zero-order valence-electron chi connectivity index (χ0n) is 12.7. The van der Waals surface area contributed by atoms with E-state index in [1.165, 1.54) is 31.6 Å². The summed E-state index contributed by atoms with van der Waals surface area (Å²) in [6.45, 7) is 5.59. The van der Waals surface area contributed by atoms with Crippen molar-refractivity contribution < 1.29 is 28.1 Å². The minimum Gasteiger partial charge on any atom is -0.325 e. The van der Waals surface area contributed by atoms with Crippen LogP contribution in [0.1, 0.15) is 25.8 Å². The maximum atomic E-state index is 13.2. The van der Waals surface area contributed by atoms with E-state index in [9.17, 15) is 18.1 Å². The number of hydrogen-bond acceptors (Lipinski definition) is 5. The number of hydrogen-bond donors (Lipinski definition) is 3. The molecule has 23 heavy (non-hydrogen) atoms. The number of carbonyl (C=O) groups is 1. The molecule has 0 aromatic heterocycles. The van der Waals surface area contributed by atoms with Crippen LogP contribution in [0.5, 0.6) is 0 Å². The van der Waals surface area contributed by atoms with Gasteiger partial charge in [-0.05, 0) is 55.1 Å². The first-order valence-corrected chi connectivity index (χ1v) is 7.31. The Morgan fingerprint density at radius 1 is 1.35 bits per heavy atom. The van der Waals surface area contributed by atoms with Crippen molar-refractivity contribution >= 4 is 24.2 Å². The molecule has 130 valence electrons. The van der Waals surface area contributed by atoms with Gasteiger partial charge in [0.25, 0.3) is 0 Å². The fraction of sp³-hybridized carbons (Fsp3) is 0.500. The largest absolute Gasteiger partial charge is 0.411 e. The molecule has 0 unspecified atom stereocenters. The molecule has 1 aliphatic heterocycles. The molecular formula is C14H19F3N2O3S. The molecule has 2 rings (SSSR count). The number of halogens is 3. The van der Waals surface area contributed by atoms with Crippen LogP contribution in [0.3, 0.4) is 0 Å². The van der Waals surface area contributed by atoms with Crippen LogP contribution in [-0.4, -0.2) is 23.7 Å². The minimum absolute atomic E-state index is 0.103. The summed E-state index contributed by atoms with van der Waals surface area (Å²) in [6.07, 6.45) is -2.58. The Kier molecular flexibility index (Phi) is 7.33. The molecule has 1 heterocycles. The van der Waals surface area contributed by atoms with Crippen LogP contribution in [-0.2, 0) is 20.9 Å². The maximum absolute atomic E-state index is 13.2.